The molecule has 3 nitrogen and oxygen atoms in total. The lowest BCUT2D eigenvalue weighted by molar-refractivity contribution is -0.00303. The summed E-state index contributed by atoms with van der Waals surface area (Å²) in [7, 11) is -0.221. The zero-order chi connectivity index (χ0) is 23.4. The van der Waals surface area contributed by atoms with Gasteiger partial charge in [-0.2, -0.15) is 0 Å². The number of hydrogen-bond donors (Lipinski definition) is 1. The van der Waals surface area contributed by atoms with Gasteiger partial charge in [-0.25, -0.2) is 4.79 Å². The van der Waals surface area contributed by atoms with E-state index in [9.17, 15) is 4.79 Å². The molecule has 4 aromatic carbocycles. The number of ether oxygens (including phenoxy) is 1. The molecule has 0 radical (unpaired) electrons. The molecule has 5 heteroatoms. The van der Waals surface area contributed by atoms with E-state index in [1.807, 2.05) is 44.2 Å². The normalized spacial score (nSPS) is 11.4. The predicted molar refractivity (Wildman–Crippen MR) is 144 cm³/mol. The summed E-state index contributed by atoms with van der Waals surface area (Å²) >= 11 is 2.16. The van der Waals surface area contributed by atoms with Gasteiger partial charge >= 0.3 is 5.97 Å². The highest BCUT2D eigenvalue weighted by Gasteiger charge is 2.31. The van der Waals surface area contributed by atoms with Crippen molar-refractivity contribution >= 4 is 45.1 Å². The van der Waals surface area contributed by atoms with E-state index >= 15 is 0 Å². The monoisotopic (exact) mass is 566 g/mol. The molecule has 0 heterocycles. The van der Waals surface area contributed by atoms with Crippen molar-refractivity contribution in [2.45, 2.75) is 34.1 Å². The predicted octanol–water partition coefficient (Wildman–Crippen LogP) is 7.06. The fourth-order valence-corrected chi connectivity index (χ4v) is 6.14. The molecule has 0 unspecified atom stereocenters. The van der Waals surface area contributed by atoms with Gasteiger partial charge in [0.2, 0.25) is 0 Å². The van der Waals surface area contributed by atoms with Gasteiger partial charge in [0.05, 0.1) is 16.5 Å². The van der Waals surface area contributed by atoms with Gasteiger partial charge in [-0.1, -0.05) is 48.5 Å². The molecule has 0 amide bonds. The number of nitrogen functional groups attached to an aromatic ring is 1. The Morgan fingerprint density at radius 1 is 0.788 bits per heavy atom. The van der Waals surface area contributed by atoms with Crippen LogP contribution in [0.3, 0.4) is 0 Å². The number of carbonyl (C=O) groups excluding carboxylic acids is 1. The van der Waals surface area contributed by atoms with Crippen LogP contribution in [0.2, 0.25) is 0 Å². The van der Waals surface area contributed by atoms with Crippen LogP contribution in [0.1, 0.15) is 29.8 Å². The summed E-state index contributed by atoms with van der Waals surface area (Å²) in [6, 6.07) is 34.8. The summed E-state index contributed by atoms with van der Waals surface area (Å²) in [5.74, 6) is -0.423. The van der Waals surface area contributed by atoms with E-state index in [0.29, 0.717) is 11.3 Å². The first-order valence-electron chi connectivity index (χ1n) is 10.6. The Balaban J connectivity index is 1.62. The maximum atomic E-state index is 12.8. The molecule has 166 valence electrons. The Kier molecular flexibility index (Phi) is 7.10. The first-order valence-corrected chi connectivity index (χ1v) is 12.9. The third kappa shape index (κ3) is 5.42. The highest BCUT2D eigenvalue weighted by atomic mass is 127. The number of nitrogens with two attached hydrogens (primary N) is 1. The van der Waals surface area contributed by atoms with Crippen LogP contribution in [0.15, 0.2) is 118 Å². The lowest BCUT2D eigenvalue weighted by Gasteiger charge is -2.26. The van der Waals surface area contributed by atoms with Crippen LogP contribution in [0.5, 0.6) is 0 Å². The molecule has 4 aromatic rings. The number of benzene rings is 4. The molecule has 0 bridgehead atoms. The second-order valence-corrected chi connectivity index (χ2v) is 11.4. The van der Waals surface area contributed by atoms with Crippen molar-refractivity contribution in [1.29, 1.82) is 0 Å². The number of esters is 1. The third-order valence-electron chi connectivity index (χ3n) is 5.33. The van der Waals surface area contributed by atoms with Crippen molar-refractivity contribution in [3.8, 4) is 0 Å². The van der Waals surface area contributed by atoms with E-state index in [1.54, 1.807) is 12.1 Å². The molecule has 0 saturated heterocycles. The molecule has 0 aliphatic rings. The van der Waals surface area contributed by atoms with Gasteiger partial charge in [-0.05, 0) is 96.6 Å². The molecular weight excluding hydrogens is 541 g/mol. The SMILES string of the molecule is CC(C)(OC(=O)c1cc(I)ccc1N)c1ccc([S+](c2ccccc2)c2ccccc2)cc1. The lowest BCUT2D eigenvalue weighted by Crippen LogP contribution is -2.26. The number of halogens is 1. The van der Waals surface area contributed by atoms with Crippen molar-refractivity contribution in [1.82, 2.24) is 0 Å². The summed E-state index contributed by atoms with van der Waals surface area (Å²) in [5.41, 5.74) is 6.94. The number of rotatable bonds is 6. The van der Waals surface area contributed by atoms with Crippen LogP contribution in [-0.2, 0) is 21.2 Å². The van der Waals surface area contributed by atoms with E-state index < -0.39 is 11.6 Å². The van der Waals surface area contributed by atoms with Crippen LogP contribution < -0.4 is 5.73 Å². The van der Waals surface area contributed by atoms with Gasteiger partial charge in [0.15, 0.2) is 14.7 Å². The van der Waals surface area contributed by atoms with Gasteiger partial charge in [0.1, 0.15) is 5.60 Å². The molecule has 33 heavy (non-hydrogen) atoms. The molecule has 0 atom stereocenters. The number of anilines is 1. The van der Waals surface area contributed by atoms with Crippen LogP contribution in [0.4, 0.5) is 5.69 Å². The van der Waals surface area contributed by atoms with Crippen LogP contribution >= 0.6 is 22.6 Å². The van der Waals surface area contributed by atoms with E-state index in [2.05, 4.69) is 83.3 Å². The molecular formula is C28H25INO2S+. The fraction of sp³-hybridized carbons (Fsp3) is 0.107. The van der Waals surface area contributed by atoms with E-state index in [0.717, 1.165) is 9.13 Å². The minimum atomic E-state index is -0.804. The Labute approximate surface area is 211 Å². The summed E-state index contributed by atoms with van der Waals surface area (Å²) in [6.07, 6.45) is 0. The second kappa shape index (κ2) is 10.0. The van der Waals surface area contributed by atoms with Crippen LogP contribution in [-0.4, -0.2) is 5.97 Å². The van der Waals surface area contributed by atoms with Crippen LogP contribution in [0, 0.1) is 3.57 Å². The van der Waals surface area contributed by atoms with Gasteiger partial charge in [-0.15, -0.1) is 0 Å². The first-order chi connectivity index (χ1) is 15.8. The van der Waals surface area contributed by atoms with Gasteiger partial charge in [0.25, 0.3) is 0 Å². The molecule has 4 rings (SSSR count). The topological polar surface area (TPSA) is 52.3 Å². The quantitative estimate of drug-likeness (QED) is 0.118. The number of hydrogen-bond acceptors (Lipinski definition) is 3. The smallest absolute Gasteiger partial charge is 0.341 e. The van der Waals surface area contributed by atoms with Gasteiger partial charge < -0.3 is 10.5 Å². The molecule has 0 aromatic heterocycles. The molecule has 0 fully saturated rings. The average molecular weight is 566 g/mol. The standard InChI is InChI=1S/C28H24INO2S/c1-28(2,32-27(31)25-19-21(29)15-18-26(25)30)20-13-16-24(17-14-20)33(22-9-5-3-6-10-22)23-11-7-4-8-12-23/h3-19H,1-2H3,(H-,30,31)/p+1. The minimum Gasteiger partial charge on any atom is -0.451 e. The summed E-state index contributed by atoms with van der Waals surface area (Å²) in [4.78, 5) is 16.6. The first kappa shape index (κ1) is 23.4. The van der Waals surface area contributed by atoms with Crippen LogP contribution in [0.25, 0.3) is 0 Å². The third-order valence-corrected chi connectivity index (χ3v) is 8.23. The maximum absolute atomic E-state index is 12.8. The Morgan fingerprint density at radius 2 is 1.30 bits per heavy atom. The van der Waals surface area contributed by atoms with Crippen molar-refractivity contribution in [2.24, 2.45) is 0 Å². The minimum absolute atomic E-state index is 0.221. The van der Waals surface area contributed by atoms with Crippen molar-refractivity contribution in [2.75, 3.05) is 5.73 Å². The second-order valence-electron chi connectivity index (χ2n) is 8.09. The van der Waals surface area contributed by atoms with Crippen molar-refractivity contribution in [3.63, 3.8) is 0 Å². The zero-order valence-corrected chi connectivity index (χ0v) is 21.5. The average Bonchev–Trinajstić information content (AvgIpc) is 2.82. The molecule has 2 N–H and O–H groups in total. The Hall–Kier alpha value is -2.77. The Bertz CT molecular complexity index is 1200. The van der Waals surface area contributed by atoms with E-state index in [1.165, 1.54) is 14.7 Å². The summed E-state index contributed by atoms with van der Waals surface area (Å²) in [5, 5.41) is 0. The largest absolute Gasteiger partial charge is 0.451 e. The molecule has 0 saturated carbocycles. The lowest BCUT2D eigenvalue weighted by atomic mass is 9.98. The maximum Gasteiger partial charge on any atom is 0.341 e. The summed E-state index contributed by atoms with van der Waals surface area (Å²) < 4.78 is 6.83. The number of carbonyl (C=O) groups is 1. The van der Waals surface area contributed by atoms with Gasteiger partial charge in [-0.3, -0.25) is 0 Å². The van der Waals surface area contributed by atoms with E-state index in [-0.39, 0.29) is 10.9 Å². The van der Waals surface area contributed by atoms with Crippen molar-refractivity contribution in [3.05, 3.63) is 118 Å². The highest BCUT2D eigenvalue weighted by Crippen LogP contribution is 2.33. The zero-order valence-electron chi connectivity index (χ0n) is 18.5. The molecule has 0 aliphatic heterocycles. The fourth-order valence-electron chi connectivity index (χ4n) is 3.56. The molecule has 0 spiro atoms. The Morgan fingerprint density at radius 3 is 1.85 bits per heavy atom. The van der Waals surface area contributed by atoms with Gasteiger partial charge in [0, 0.05) is 9.26 Å². The van der Waals surface area contributed by atoms with Crippen molar-refractivity contribution < 1.29 is 9.53 Å². The van der Waals surface area contributed by atoms with E-state index in [4.69, 9.17) is 10.5 Å². The highest BCUT2D eigenvalue weighted by molar-refractivity contribution is 14.1. The summed E-state index contributed by atoms with van der Waals surface area (Å²) in [6.45, 7) is 3.80. The molecule has 0 aliphatic carbocycles.